The molecule has 8 heteroatoms. The molecule has 0 spiro atoms. The van der Waals surface area contributed by atoms with E-state index in [0.717, 1.165) is 22.7 Å². The van der Waals surface area contributed by atoms with Gasteiger partial charge in [-0.1, -0.05) is 24.3 Å². The number of nitrogens with zero attached hydrogens (tertiary/aromatic N) is 2. The fraction of sp³-hybridized carbons (Fsp3) is 0.316. The molecule has 0 aliphatic heterocycles. The minimum atomic E-state index is -2.78. The maximum absolute atomic E-state index is 13.6. The first-order valence-corrected chi connectivity index (χ1v) is 8.38. The molecule has 27 heavy (non-hydrogen) atoms. The lowest BCUT2D eigenvalue weighted by Crippen LogP contribution is -2.53. The molecule has 1 aromatic carbocycles. The number of carbonyl (C=O) groups excluding carboxylic acids is 2. The average Bonchev–Trinajstić information content (AvgIpc) is 2.58. The fourth-order valence-electron chi connectivity index (χ4n) is 3.17. The molecule has 0 radical (unpaired) electrons. The highest BCUT2D eigenvalue weighted by Crippen LogP contribution is 2.38. The van der Waals surface area contributed by atoms with E-state index >= 15 is 0 Å². The van der Waals surface area contributed by atoms with Crippen molar-refractivity contribution < 1.29 is 22.8 Å². The van der Waals surface area contributed by atoms with Crippen LogP contribution in [-0.4, -0.2) is 29.3 Å². The van der Waals surface area contributed by atoms with Gasteiger partial charge in [0.15, 0.2) is 0 Å². The van der Waals surface area contributed by atoms with Gasteiger partial charge in [-0.05, 0) is 18.1 Å². The van der Waals surface area contributed by atoms with Gasteiger partial charge in [0.1, 0.15) is 11.9 Å². The van der Waals surface area contributed by atoms with Crippen molar-refractivity contribution in [1.82, 2.24) is 10.3 Å². The SMILES string of the molecule is Cc1ccccc1C(C(=O)NC1CC(F)(F)C1)N(C=O)c1cncc(F)c1. The van der Waals surface area contributed by atoms with Crippen molar-refractivity contribution in [3.05, 3.63) is 59.7 Å². The molecular weight excluding hydrogens is 359 g/mol. The molecule has 3 rings (SSSR count). The monoisotopic (exact) mass is 377 g/mol. The maximum atomic E-state index is 13.6. The van der Waals surface area contributed by atoms with Crippen LogP contribution in [0, 0.1) is 12.7 Å². The molecule has 2 amide bonds. The van der Waals surface area contributed by atoms with Crippen LogP contribution in [0.25, 0.3) is 0 Å². The van der Waals surface area contributed by atoms with E-state index in [-0.39, 0.29) is 5.69 Å². The second kappa shape index (κ2) is 7.38. The van der Waals surface area contributed by atoms with Crippen LogP contribution in [0.5, 0.6) is 0 Å². The number of pyridine rings is 1. The van der Waals surface area contributed by atoms with Crippen molar-refractivity contribution in [1.29, 1.82) is 0 Å². The number of aromatic nitrogens is 1. The Kier molecular flexibility index (Phi) is 5.16. The van der Waals surface area contributed by atoms with Crippen LogP contribution in [-0.2, 0) is 9.59 Å². The van der Waals surface area contributed by atoms with E-state index in [4.69, 9.17) is 0 Å². The van der Waals surface area contributed by atoms with Crippen LogP contribution in [0.3, 0.4) is 0 Å². The van der Waals surface area contributed by atoms with Gasteiger partial charge >= 0.3 is 0 Å². The van der Waals surface area contributed by atoms with Gasteiger partial charge in [-0.15, -0.1) is 0 Å². The number of alkyl halides is 2. The lowest BCUT2D eigenvalue weighted by molar-refractivity contribution is -0.131. The summed E-state index contributed by atoms with van der Waals surface area (Å²) in [4.78, 5) is 29.5. The molecule has 1 heterocycles. The number of aryl methyl sites for hydroxylation is 1. The summed E-state index contributed by atoms with van der Waals surface area (Å²) in [5.41, 5.74) is 1.33. The number of hydrogen-bond acceptors (Lipinski definition) is 3. The standard InChI is InChI=1S/C19H18F3N3O2/c1-12-4-2-3-5-16(12)17(18(27)24-14-7-19(21,22)8-14)25(11-26)15-6-13(20)9-23-10-15/h2-6,9-11,14,17H,7-8H2,1H3,(H,24,27). The van der Waals surface area contributed by atoms with Gasteiger partial charge in [0.25, 0.3) is 5.92 Å². The number of hydrogen-bond donors (Lipinski definition) is 1. The smallest absolute Gasteiger partial charge is 0.252 e. The van der Waals surface area contributed by atoms with Crippen molar-refractivity contribution in [3.63, 3.8) is 0 Å². The van der Waals surface area contributed by atoms with Crippen molar-refractivity contribution in [2.75, 3.05) is 4.90 Å². The molecule has 1 aromatic heterocycles. The summed E-state index contributed by atoms with van der Waals surface area (Å²) < 4.78 is 39.8. The topological polar surface area (TPSA) is 62.3 Å². The quantitative estimate of drug-likeness (QED) is 0.787. The summed E-state index contributed by atoms with van der Waals surface area (Å²) in [5, 5.41) is 2.56. The predicted molar refractivity (Wildman–Crippen MR) is 92.8 cm³/mol. The highest BCUT2D eigenvalue weighted by molar-refractivity contribution is 5.93. The summed E-state index contributed by atoms with van der Waals surface area (Å²) in [5.74, 6) is -4.06. The Morgan fingerprint density at radius 3 is 2.63 bits per heavy atom. The minimum Gasteiger partial charge on any atom is -0.351 e. The number of benzene rings is 1. The number of carbonyl (C=O) groups is 2. The van der Waals surface area contributed by atoms with E-state index in [0.29, 0.717) is 12.0 Å². The zero-order valence-electron chi connectivity index (χ0n) is 14.5. The number of anilines is 1. The largest absolute Gasteiger partial charge is 0.351 e. The van der Waals surface area contributed by atoms with Gasteiger partial charge in [0.2, 0.25) is 12.3 Å². The first-order valence-electron chi connectivity index (χ1n) is 8.38. The van der Waals surface area contributed by atoms with E-state index in [1.807, 2.05) is 0 Å². The molecule has 1 unspecified atom stereocenters. The lowest BCUT2D eigenvalue weighted by Gasteiger charge is -2.37. The van der Waals surface area contributed by atoms with Gasteiger partial charge in [-0.25, -0.2) is 13.2 Å². The summed E-state index contributed by atoms with van der Waals surface area (Å²) in [6.45, 7) is 1.76. The highest BCUT2D eigenvalue weighted by Gasteiger charge is 2.46. The molecule has 2 aromatic rings. The minimum absolute atomic E-state index is 0.0901. The first-order chi connectivity index (χ1) is 12.8. The Bertz CT molecular complexity index is 852. The van der Waals surface area contributed by atoms with Gasteiger partial charge in [-0.3, -0.25) is 19.5 Å². The molecule has 5 nitrogen and oxygen atoms in total. The summed E-state index contributed by atoms with van der Waals surface area (Å²) in [6, 6.07) is 6.18. The van der Waals surface area contributed by atoms with Crippen molar-refractivity contribution in [2.24, 2.45) is 0 Å². The molecule has 1 saturated carbocycles. The van der Waals surface area contributed by atoms with Crippen LogP contribution in [0.4, 0.5) is 18.9 Å². The number of nitrogens with one attached hydrogen (secondary N) is 1. The van der Waals surface area contributed by atoms with Crippen molar-refractivity contribution in [3.8, 4) is 0 Å². The summed E-state index contributed by atoms with van der Waals surface area (Å²) in [6.07, 6.45) is 1.76. The summed E-state index contributed by atoms with van der Waals surface area (Å²) >= 11 is 0. The third kappa shape index (κ3) is 4.10. The second-order valence-corrected chi connectivity index (χ2v) is 6.60. The zero-order valence-corrected chi connectivity index (χ0v) is 14.5. The lowest BCUT2D eigenvalue weighted by atomic mass is 9.87. The fourth-order valence-corrected chi connectivity index (χ4v) is 3.17. The van der Waals surface area contributed by atoms with E-state index in [2.05, 4.69) is 10.3 Å². The first kappa shape index (κ1) is 18.9. The van der Waals surface area contributed by atoms with Crippen LogP contribution in [0.15, 0.2) is 42.7 Å². The van der Waals surface area contributed by atoms with Crippen molar-refractivity contribution in [2.45, 2.75) is 37.8 Å². The van der Waals surface area contributed by atoms with Crippen LogP contribution in [0.2, 0.25) is 0 Å². The zero-order chi connectivity index (χ0) is 19.6. The third-order valence-corrected chi connectivity index (χ3v) is 4.55. The van der Waals surface area contributed by atoms with E-state index in [1.165, 1.54) is 6.20 Å². The molecule has 1 aliphatic carbocycles. The second-order valence-electron chi connectivity index (χ2n) is 6.60. The van der Waals surface area contributed by atoms with Gasteiger partial charge in [-0.2, -0.15) is 0 Å². The van der Waals surface area contributed by atoms with Crippen LogP contribution < -0.4 is 10.2 Å². The maximum Gasteiger partial charge on any atom is 0.252 e. The molecule has 1 fully saturated rings. The van der Waals surface area contributed by atoms with E-state index < -0.39 is 42.6 Å². The Morgan fingerprint density at radius 1 is 1.33 bits per heavy atom. The number of halogens is 3. The van der Waals surface area contributed by atoms with Gasteiger partial charge in [0.05, 0.1) is 18.1 Å². The third-order valence-electron chi connectivity index (χ3n) is 4.55. The van der Waals surface area contributed by atoms with E-state index in [1.54, 1.807) is 31.2 Å². The Labute approximate surface area is 154 Å². The number of rotatable bonds is 6. The molecule has 0 saturated heterocycles. The Hall–Kier alpha value is -2.90. The summed E-state index contributed by atoms with van der Waals surface area (Å²) in [7, 11) is 0. The van der Waals surface area contributed by atoms with Gasteiger partial charge in [0, 0.05) is 24.9 Å². The Balaban J connectivity index is 1.95. The molecule has 1 atom stereocenters. The molecular formula is C19H18F3N3O2. The highest BCUT2D eigenvalue weighted by atomic mass is 19.3. The molecule has 142 valence electrons. The average molecular weight is 377 g/mol. The number of amides is 2. The van der Waals surface area contributed by atoms with E-state index in [9.17, 15) is 22.8 Å². The molecule has 1 N–H and O–H groups in total. The normalized spacial score (nSPS) is 16.9. The van der Waals surface area contributed by atoms with Crippen LogP contribution in [0.1, 0.15) is 30.0 Å². The van der Waals surface area contributed by atoms with Gasteiger partial charge < -0.3 is 5.32 Å². The predicted octanol–water partition coefficient (Wildman–Crippen LogP) is 3.15. The molecule has 1 aliphatic rings. The van der Waals surface area contributed by atoms with Crippen LogP contribution >= 0.6 is 0 Å². The Morgan fingerprint density at radius 2 is 2.04 bits per heavy atom. The van der Waals surface area contributed by atoms with Crippen molar-refractivity contribution >= 4 is 18.0 Å². The molecule has 0 bridgehead atoms.